The van der Waals surface area contributed by atoms with Crippen molar-refractivity contribution in [1.82, 2.24) is 25.3 Å². The number of benzene rings is 1. The highest BCUT2D eigenvalue weighted by Gasteiger charge is 2.04. The largest absolute Gasteiger partial charge is 0.378 e. The van der Waals surface area contributed by atoms with Crippen molar-refractivity contribution >= 4 is 17.2 Å². The van der Waals surface area contributed by atoms with Gasteiger partial charge in [-0.15, -0.1) is 14.8 Å². The normalized spacial score (nSPS) is 10.8. The Morgan fingerprint density at radius 2 is 2.05 bits per heavy atom. The van der Waals surface area contributed by atoms with Gasteiger partial charge in [0, 0.05) is 26.3 Å². The van der Waals surface area contributed by atoms with E-state index in [2.05, 4.69) is 56.0 Å². The molecule has 0 bridgehead atoms. The van der Waals surface area contributed by atoms with E-state index in [1.807, 2.05) is 26.2 Å². The number of nitrogens with zero attached hydrogens (tertiary/aromatic N) is 6. The Hall–Kier alpha value is -2.70. The molecule has 2 aromatic heterocycles. The summed E-state index contributed by atoms with van der Waals surface area (Å²) in [5.41, 5.74) is 4.31. The summed E-state index contributed by atoms with van der Waals surface area (Å²) in [6.07, 6.45) is 0. The molecule has 0 radical (unpaired) electrons. The summed E-state index contributed by atoms with van der Waals surface area (Å²) in [5.74, 6) is 0.742. The van der Waals surface area contributed by atoms with E-state index < -0.39 is 0 Å². The molecular weight excluding hydrogens is 266 g/mol. The molecule has 2 heterocycles. The van der Waals surface area contributed by atoms with Crippen molar-refractivity contribution < 1.29 is 0 Å². The lowest BCUT2D eigenvalue weighted by molar-refractivity contribution is 0.734. The van der Waals surface area contributed by atoms with Crippen LogP contribution >= 0.6 is 0 Å². The van der Waals surface area contributed by atoms with Gasteiger partial charge in [-0.2, -0.15) is 0 Å². The third-order valence-electron chi connectivity index (χ3n) is 3.37. The Labute approximate surface area is 122 Å². The van der Waals surface area contributed by atoms with E-state index in [0.717, 1.165) is 5.82 Å². The molecular formula is C14H17N7. The van der Waals surface area contributed by atoms with Gasteiger partial charge in [-0.1, -0.05) is 6.07 Å². The fraction of sp³-hybridized carbons (Fsp3) is 0.286. The van der Waals surface area contributed by atoms with Crippen molar-refractivity contribution in [3.05, 3.63) is 41.5 Å². The van der Waals surface area contributed by atoms with E-state index in [4.69, 9.17) is 0 Å². The number of hydrogen-bond donors (Lipinski definition) is 1. The van der Waals surface area contributed by atoms with E-state index in [9.17, 15) is 0 Å². The average Bonchev–Trinajstić information content (AvgIpc) is 2.93. The quantitative estimate of drug-likeness (QED) is 0.782. The fourth-order valence-electron chi connectivity index (χ4n) is 2.09. The summed E-state index contributed by atoms with van der Waals surface area (Å²) in [5, 5.41) is 18.8. The molecule has 108 valence electrons. The lowest BCUT2D eigenvalue weighted by Gasteiger charge is -2.15. The predicted molar refractivity (Wildman–Crippen MR) is 81.4 cm³/mol. The summed E-state index contributed by atoms with van der Waals surface area (Å²) in [6.45, 7) is 2.82. The van der Waals surface area contributed by atoms with Crippen LogP contribution in [0.3, 0.4) is 0 Å². The Morgan fingerprint density at radius 3 is 2.81 bits per heavy atom. The van der Waals surface area contributed by atoms with E-state index in [1.165, 1.54) is 21.4 Å². The summed E-state index contributed by atoms with van der Waals surface area (Å²) in [7, 11) is 4.08. The molecule has 1 N–H and O–H groups in total. The third-order valence-corrected chi connectivity index (χ3v) is 3.37. The maximum atomic E-state index is 4.29. The topological polar surface area (TPSA) is 71.2 Å². The van der Waals surface area contributed by atoms with Crippen LogP contribution in [0.1, 0.15) is 11.1 Å². The maximum Gasteiger partial charge on any atom is 0.200 e. The van der Waals surface area contributed by atoms with Crippen molar-refractivity contribution in [2.45, 2.75) is 13.5 Å². The van der Waals surface area contributed by atoms with Gasteiger partial charge in [0.2, 0.25) is 0 Å². The molecule has 1 aromatic carbocycles. The molecule has 0 saturated heterocycles. The van der Waals surface area contributed by atoms with Crippen LogP contribution < -0.4 is 10.2 Å². The van der Waals surface area contributed by atoms with Crippen LogP contribution in [0.15, 0.2) is 30.3 Å². The number of aromatic nitrogens is 5. The van der Waals surface area contributed by atoms with Gasteiger partial charge in [-0.25, -0.2) is 0 Å². The maximum absolute atomic E-state index is 4.29. The molecule has 3 rings (SSSR count). The minimum atomic E-state index is 0.632. The van der Waals surface area contributed by atoms with Crippen LogP contribution in [0.4, 0.5) is 11.5 Å². The number of anilines is 2. The zero-order valence-electron chi connectivity index (χ0n) is 12.3. The monoisotopic (exact) mass is 283 g/mol. The van der Waals surface area contributed by atoms with Crippen molar-refractivity contribution in [3.63, 3.8) is 0 Å². The minimum absolute atomic E-state index is 0.632. The Kier molecular flexibility index (Phi) is 3.39. The molecule has 0 spiro atoms. The SMILES string of the molecule is Cc1cc(N(C)C)ccc1CNc1ccc2nnnn2n1. The molecule has 0 fully saturated rings. The van der Waals surface area contributed by atoms with Crippen LogP contribution in [0.5, 0.6) is 0 Å². The zero-order valence-corrected chi connectivity index (χ0v) is 12.3. The van der Waals surface area contributed by atoms with E-state index in [-0.39, 0.29) is 0 Å². The molecule has 0 atom stereocenters. The second kappa shape index (κ2) is 5.35. The second-order valence-electron chi connectivity index (χ2n) is 5.10. The first-order valence-electron chi connectivity index (χ1n) is 6.69. The number of tetrazole rings is 1. The lowest BCUT2D eigenvalue weighted by atomic mass is 10.1. The number of aryl methyl sites for hydroxylation is 1. The van der Waals surface area contributed by atoms with Gasteiger partial charge in [0.1, 0.15) is 5.82 Å². The standard InChI is InChI=1S/C14H17N7/c1-10-8-12(20(2)3)5-4-11(10)9-15-13-6-7-14-16-18-19-21(14)17-13/h4-8H,9H2,1-3H3,(H,15,17). The highest BCUT2D eigenvalue weighted by molar-refractivity contribution is 5.50. The molecule has 21 heavy (non-hydrogen) atoms. The molecule has 7 nitrogen and oxygen atoms in total. The number of hydrogen-bond acceptors (Lipinski definition) is 6. The van der Waals surface area contributed by atoms with Crippen LogP contribution in [-0.4, -0.2) is 39.3 Å². The molecule has 7 heteroatoms. The fourth-order valence-corrected chi connectivity index (χ4v) is 2.09. The highest BCUT2D eigenvalue weighted by atomic mass is 15.6. The average molecular weight is 283 g/mol. The number of nitrogens with one attached hydrogen (secondary N) is 1. The van der Waals surface area contributed by atoms with Crippen LogP contribution in [-0.2, 0) is 6.54 Å². The molecule has 3 aromatic rings. The minimum Gasteiger partial charge on any atom is -0.378 e. The number of rotatable bonds is 4. The Bertz CT molecular complexity index is 763. The first kappa shape index (κ1) is 13.3. The summed E-state index contributed by atoms with van der Waals surface area (Å²) >= 11 is 0. The number of fused-ring (bicyclic) bond motifs is 1. The Balaban J connectivity index is 1.74. The summed E-state index contributed by atoms with van der Waals surface area (Å²) in [6, 6.07) is 10.1. The molecule has 0 aliphatic rings. The summed E-state index contributed by atoms with van der Waals surface area (Å²) < 4.78 is 1.41. The van der Waals surface area contributed by atoms with Gasteiger partial charge in [0.05, 0.1) is 0 Å². The molecule has 0 saturated carbocycles. The molecule has 0 aliphatic carbocycles. The van der Waals surface area contributed by atoms with Crippen molar-refractivity contribution in [3.8, 4) is 0 Å². The molecule has 0 amide bonds. The molecule has 0 aliphatic heterocycles. The second-order valence-corrected chi connectivity index (χ2v) is 5.10. The zero-order chi connectivity index (χ0) is 14.8. The van der Waals surface area contributed by atoms with E-state index >= 15 is 0 Å². The van der Waals surface area contributed by atoms with Gasteiger partial charge >= 0.3 is 0 Å². The first-order valence-corrected chi connectivity index (χ1v) is 6.69. The highest BCUT2D eigenvalue weighted by Crippen LogP contribution is 2.18. The summed E-state index contributed by atoms with van der Waals surface area (Å²) in [4.78, 5) is 2.09. The third kappa shape index (κ3) is 2.76. The van der Waals surface area contributed by atoms with Gasteiger partial charge in [0.25, 0.3) is 0 Å². The van der Waals surface area contributed by atoms with Crippen LogP contribution in [0.2, 0.25) is 0 Å². The lowest BCUT2D eigenvalue weighted by Crippen LogP contribution is -2.10. The molecule has 0 unspecified atom stereocenters. The van der Waals surface area contributed by atoms with Gasteiger partial charge in [0.15, 0.2) is 5.65 Å². The smallest absolute Gasteiger partial charge is 0.200 e. The first-order chi connectivity index (χ1) is 10.1. The Morgan fingerprint density at radius 1 is 1.19 bits per heavy atom. The van der Waals surface area contributed by atoms with Crippen LogP contribution in [0.25, 0.3) is 5.65 Å². The van der Waals surface area contributed by atoms with Crippen LogP contribution in [0, 0.1) is 6.92 Å². The van der Waals surface area contributed by atoms with Crippen molar-refractivity contribution in [2.24, 2.45) is 0 Å². The van der Waals surface area contributed by atoms with Crippen molar-refractivity contribution in [1.29, 1.82) is 0 Å². The van der Waals surface area contributed by atoms with Gasteiger partial charge < -0.3 is 10.2 Å². The predicted octanol–water partition coefficient (Wildman–Crippen LogP) is 1.51. The van der Waals surface area contributed by atoms with E-state index in [0.29, 0.717) is 12.2 Å². The van der Waals surface area contributed by atoms with E-state index in [1.54, 1.807) is 0 Å². The van der Waals surface area contributed by atoms with Gasteiger partial charge in [-0.3, -0.25) is 0 Å². The van der Waals surface area contributed by atoms with Crippen molar-refractivity contribution in [2.75, 3.05) is 24.3 Å². The van der Waals surface area contributed by atoms with Gasteiger partial charge in [-0.05, 0) is 52.7 Å².